The van der Waals surface area contributed by atoms with E-state index in [-0.39, 0.29) is 5.91 Å². The molecular weight excluding hydrogens is 370 g/mol. The number of amides is 1. The summed E-state index contributed by atoms with van der Waals surface area (Å²) in [4.78, 5) is 14.8. The van der Waals surface area contributed by atoms with Gasteiger partial charge in [-0.25, -0.2) is 0 Å². The Labute approximate surface area is 130 Å². The van der Waals surface area contributed by atoms with E-state index < -0.39 is 0 Å². The van der Waals surface area contributed by atoms with Crippen molar-refractivity contribution in [2.45, 2.75) is 25.7 Å². The van der Waals surface area contributed by atoms with Gasteiger partial charge in [-0.1, -0.05) is 15.9 Å². The fourth-order valence-corrected chi connectivity index (χ4v) is 3.51. The summed E-state index contributed by atoms with van der Waals surface area (Å²) < 4.78 is 1.87. The maximum Gasteiger partial charge on any atom is 0.255 e. The van der Waals surface area contributed by atoms with Crippen molar-refractivity contribution in [3.63, 3.8) is 0 Å². The number of nitrogens with zero attached hydrogens (tertiary/aromatic N) is 1. The third kappa shape index (κ3) is 3.60. The van der Waals surface area contributed by atoms with E-state index in [1.54, 1.807) is 0 Å². The van der Waals surface area contributed by atoms with Gasteiger partial charge in [0.1, 0.15) is 0 Å². The lowest BCUT2D eigenvalue weighted by Gasteiger charge is -2.23. The van der Waals surface area contributed by atoms with Crippen LogP contribution in [-0.2, 0) is 0 Å². The molecule has 1 aromatic carbocycles. The maximum atomic E-state index is 12.7. The number of halogens is 2. The molecule has 0 N–H and O–H groups in total. The Kier molecular flexibility index (Phi) is 3.99. The molecule has 19 heavy (non-hydrogen) atoms. The highest BCUT2D eigenvalue weighted by atomic mass is 79.9. The van der Waals surface area contributed by atoms with Gasteiger partial charge in [0, 0.05) is 22.0 Å². The fourth-order valence-electron chi connectivity index (χ4n) is 2.30. The zero-order chi connectivity index (χ0) is 13.4. The Morgan fingerprint density at radius 3 is 2.16 bits per heavy atom. The topological polar surface area (TPSA) is 20.3 Å². The molecule has 2 aliphatic rings. The van der Waals surface area contributed by atoms with Crippen molar-refractivity contribution in [3.8, 4) is 0 Å². The van der Waals surface area contributed by atoms with Crippen LogP contribution in [0.5, 0.6) is 0 Å². The predicted molar refractivity (Wildman–Crippen MR) is 83.2 cm³/mol. The van der Waals surface area contributed by atoms with Crippen molar-refractivity contribution in [2.24, 2.45) is 11.8 Å². The van der Waals surface area contributed by atoms with E-state index >= 15 is 0 Å². The Morgan fingerprint density at radius 2 is 1.68 bits per heavy atom. The van der Waals surface area contributed by atoms with Crippen LogP contribution in [0.1, 0.15) is 36.0 Å². The summed E-state index contributed by atoms with van der Waals surface area (Å²) in [5.41, 5.74) is 0.782. The van der Waals surface area contributed by atoms with Gasteiger partial charge in [0.15, 0.2) is 0 Å². The summed E-state index contributed by atoms with van der Waals surface area (Å²) in [5, 5.41) is 0. The van der Waals surface area contributed by atoms with E-state index in [0.717, 1.165) is 39.4 Å². The Balaban J connectivity index is 1.76. The number of benzene rings is 1. The standard InChI is InChI=1S/C15H17Br2NO/c16-12-5-6-13(14(17)7-12)15(19)18(8-10-1-2-10)9-11-3-4-11/h5-7,10-11H,1-4,8-9H2. The first-order chi connectivity index (χ1) is 9.13. The van der Waals surface area contributed by atoms with Crippen molar-refractivity contribution >= 4 is 37.8 Å². The molecule has 3 rings (SSSR count). The van der Waals surface area contributed by atoms with E-state index in [1.165, 1.54) is 25.7 Å². The first-order valence-electron chi connectivity index (χ1n) is 6.88. The van der Waals surface area contributed by atoms with Gasteiger partial charge in [0.25, 0.3) is 5.91 Å². The van der Waals surface area contributed by atoms with Crippen molar-refractivity contribution in [3.05, 3.63) is 32.7 Å². The lowest BCUT2D eigenvalue weighted by molar-refractivity contribution is 0.0738. The number of rotatable bonds is 5. The summed E-state index contributed by atoms with van der Waals surface area (Å²) in [5.74, 6) is 1.67. The summed E-state index contributed by atoms with van der Waals surface area (Å²) in [6.45, 7) is 1.88. The molecule has 0 spiro atoms. The van der Waals surface area contributed by atoms with Crippen molar-refractivity contribution in [1.82, 2.24) is 4.90 Å². The lowest BCUT2D eigenvalue weighted by atomic mass is 10.2. The fraction of sp³-hybridized carbons (Fsp3) is 0.533. The molecular formula is C15H17Br2NO. The second-order valence-electron chi connectivity index (χ2n) is 5.72. The van der Waals surface area contributed by atoms with E-state index in [2.05, 4.69) is 36.8 Å². The second-order valence-corrected chi connectivity index (χ2v) is 7.49. The smallest absolute Gasteiger partial charge is 0.255 e. The Bertz CT molecular complexity index is 481. The van der Waals surface area contributed by atoms with Gasteiger partial charge in [-0.15, -0.1) is 0 Å². The average Bonchev–Trinajstić information content (AvgIpc) is 3.22. The molecule has 0 aromatic heterocycles. The van der Waals surface area contributed by atoms with E-state index in [1.807, 2.05) is 18.2 Å². The SMILES string of the molecule is O=C(c1ccc(Br)cc1Br)N(CC1CC1)CC1CC1. The number of carbonyl (C=O) groups is 1. The first kappa shape index (κ1) is 13.6. The third-order valence-electron chi connectivity index (χ3n) is 3.80. The normalized spacial score (nSPS) is 18.4. The van der Waals surface area contributed by atoms with Gasteiger partial charge >= 0.3 is 0 Å². The van der Waals surface area contributed by atoms with Crippen LogP contribution in [0.4, 0.5) is 0 Å². The average molecular weight is 387 g/mol. The third-order valence-corrected chi connectivity index (χ3v) is 4.95. The Morgan fingerprint density at radius 1 is 1.11 bits per heavy atom. The van der Waals surface area contributed by atoms with Gasteiger partial charge in [-0.2, -0.15) is 0 Å². The van der Waals surface area contributed by atoms with Crippen LogP contribution in [0.25, 0.3) is 0 Å². The zero-order valence-electron chi connectivity index (χ0n) is 10.7. The molecule has 102 valence electrons. The largest absolute Gasteiger partial charge is 0.338 e. The molecule has 2 saturated carbocycles. The summed E-state index contributed by atoms with van der Waals surface area (Å²) in [6.07, 6.45) is 5.15. The van der Waals surface area contributed by atoms with Gasteiger partial charge in [0.05, 0.1) is 5.56 Å². The van der Waals surface area contributed by atoms with Crippen molar-refractivity contribution in [1.29, 1.82) is 0 Å². The molecule has 0 atom stereocenters. The van der Waals surface area contributed by atoms with Crippen LogP contribution < -0.4 is 0 Å². The molecule has 0 heterocycles. The molecule has 0 saturated heterocycles. The van der Waals surface area contributed by atoms with E-state index in [9.17, 15) is 4.79 Å². The van der Waals surface area contributed by atoms with Crippen LogP contribution in [0.2, 0.25) is 0 Å². The van der Waals surface area contributed by atoms with Gasteiger partial charge in [0.2, 0.25) is 0 Å². The summed E-state index contributed by atoms with van der Waals surface area (Å²) >= 11 is 6.93. The molecule has 0 radical (unpaired) electrons. The molecule has 2 fully saturated rings. The zero-order valence-corrected chi connectivity index (χ0v) is 13.9. The van der Waals surface area contributed by atoms with Crippen LogP contribution in [0.15, 0.2) is 27.1 Å². The predicted octanol–water partition coefficient (Wildman–Crippen LogP) is 4.47. The molecule has 4 heteroatoms. The van der Waals surface area contributed by atoms with Crippen LogP contribution >= 0.6 is 31.9 Å². The molecule has 2 aliphatic carbocycles. The van der Waals surface area contributed by atoms with Crippen LogP contribution in [0.3, 0.4) is 0 Å². The molecule has 1 aromatic rings. The number of carbonyl (C=O) groups excluding carboxylic acids is 1. The molecule has 1 amide bonds. The van der Waals surface area contributed by atoms with Crippen LogP contribution in [-0.4, -0.2) is 23.9 Å². The highest BCUT2D eigenvalue weighted by Crippen LogP contribution is 2.35. The summed E-state index contributed by atoms with van der Waals surface area (Å²) in [6, 6.07) is 5.79. The first-order valence-corrected chi connectivity index (χ1v) is 8.46. The van der Waals surface area contributed by atoms with Gasteiger partial charge in [-0.05, 0) is 71.6 Å². The number of hydrogen-bond donors (Lipinski definition) is 0. The number of hydrogen-bond acceptors (Lipinski definition) is 1. The minimum Gasteiger partial charge on any atom is -0.338 e. The van der Waals surface area contributed by atoms with E-state index in [4.69, 9.17) is 0 Å². The monoisotopic (exact) mass is 385 g/mol. The van der Waals surface area contributed by atoms with Crippen molar-refractivity contribution in [2.75, 3.05) is 13.1 Å². The van der Waals surface area contributed by atoms with Gasteiger partial charge in [-0.3, -0.25) is 4.79 Å². The molecule has 0 unspecified atom stereocenters. The minimum atomic E-state index is 0.179. The molecule has 2 nitrogen and oxygen atoms in total. The van der Waals surface area contributed by atoms with Gasteiger partial charge < -0.3 is 4.90 Å². The van der Waals surface area contributed by atoms with Crippen LogP contribution in [0, 0.1) is 11.8 Å². The summed E-state index contributed by atoms with van der Waals surface area (Å²) in [7, 11) is 0. The highest BCUT2D eigenvalue weighted by molar-refractivity contribution is 9.11. The molecule has 0 aliphatic heterocycles. The van der Waals surface area contributed by atoms with E-state index in [0.29, 0.717) is 0 Å². The van der Waals surface area contributed by atoms with Crippen molar-refractivity contribution < 1.29 is 4.79 Å². The minimum absolute atomic E-state index is 0.179. The molecule has 0 bridgehead atoms. The Hall–Kier alpha value is -0.350. The lowest BCUT2D eigenvalue weighted by Crippen LogP contribution is -2.34. The maximum absolute atomic E-state index is 12.7. The highest BCUT2D eigenvalue weighted by Gasteiger charge is 2.32. The quantitative estimate of drug-likeness (QED) is 0.730. The second kappa shape index (κ2) is 5.57.